The number of carbonyl (C=O) groups is 2. The molecule has 1 aromatic carbocycles. The predicted octanol–water partition coefficient (Wildman–Crippen LogP) is 1.89. The molecular formula is C17H22F3N3O2. The van der Waals surface area contributed by atoms with Gasteiger partial charge >= 0.3 is 6.18 Å². The van der Waals surface area contributed by atoms with Crippen LogP contribution in [0.3, 0.4) is 0 Å². The quantitative estimate of drug-likeness (QED) is 0.846. The lowest BCUT2D eigenvalue weighted by Gasteiger charge is -2.32. The van der Waals surface area contributed by atoms with E-state index >= 15 is 0 Å². The van der Waals surface area contributed by atoms with Gasteiger partial charge in [-0.3, -0.25) is 9.59 Å². The van der Waals surface area contributed by atoms with E-state index in [-0.39, 0.29) is 12.5 Å². The van der Waals surface area contributed by atoms with Gasteiger partial charge in [-0.25, -0.2) is 0 Å². The van der Waals surface area contributed by atoms with Gasteiger partial charge in [0, 0.05) is 13.1 Å². The van der Waals surface area contributed by atoms with E-state index in [9.17, 15) is 22.8 Å². The Bertz CT molecular complexity index is 617. The van der Waals surface area contributed by atoms with Gasteiger partial charge in [0.05, 0.1) is 17.7 Å². The predicted molar refractivity (Wildman–Crippen MR) is 87.0 cm³/mol. The maximum absolute atomic E-state index is 13.0. The zero-order valence-corrected chi connectivity index (χ0v) is 14.0. The number of halogens is 3. The van der Waals surface area contributed by atoms with Crippen LogP contribution < -0.4 is 10.6 Å². The molecule has 1 atom stereocenters. The van der Waals surface area contributed by atoms with Crippen molar-refractivity contribution in [2.45, 2.75) is 19.0 Å². The maximum atomic E-state index is 13.0. The van der Waals surface area contributed by atoms with E-state index in [1.807, 2.05) is 7.05 Å². The number of carbonyl (C=O) groups excluding carboxylic acids is 2. The van der Waals surface area contributed by atoms with Gasteiger partial charge in [0.25, 0.3) is 5.91 Å². The highest BCUT2D eigenvalue weighted by atomic mass is 19.4. The second kappa shape index (κ2) is 8.33. The van der Waals surface area contributed by atoms with Crippen molar-refractivity contribution < 1.29 is 22.8 Å². The van der Waals surface area contributed by atoms with Crippen molar-refractivity contribution in [1.29, 1.82) is 0 Å². The summed E-state index contributed by atoms with van der Waals surface area (Å²) in [5.41, 5.74) is -1.48. The summed E-state index contributed by atoms with van der Waals surface area (Å²) in [5.74, 6) is -0.826. The summed E-state index contributed by atoms with van der Waals surface area (Å²) >= 11 is 0. The highest BCUT2D eigenvalue weighted by Crippen LogP contribution is 2.31. The molecule has 5 nitrogen and oxygen atoms in total. The Morgan fingerprint density at radius 1 is 1.28 bits per heavy atom. The minimum absolute atomic E-state index is 0.279. The largest absolute Gasteiger partial charge is 0.417 e. The molecule has 2 N–H and O–H groups in total. The van der Waals surface area contributed by atoms with Gasteiger partial charge in [-0.1, -0.05) is 12.1 Å². The van der Waals surface area contributed by atoms with E-state index in [1.54, 1.807) is 4.90 Å². The summed E-state index contributed by atoms with van der Waals surface area (Å²) in [5, 5.41) is 5.38. The molecule has 25 heavy (non-hydrogen) atoms. The van der Waals surface area contributed by atoms with Crippen molar-refractivity contribution in [3.8, 4) is 0 Å². The number of likely N-dealkylation sites (tertiary alicyclic amines) is 1. The van der Waals surface area contributed by atoms with E-state index in [0.29, 0.717) is 19.0 Å². The van der Waals surface area contributed by atoms with E-state index in [2.05, 4.69) is 10.6 Å². The van der Waals surface area contributed by atoms with Crippen LogP contribution in [0.2, 0.25) is 0 Å². The Balaban J connectivity index is 1.95. The number of hydrogen-bond acceptors (Lipinski definition) is 3. The summed E-state index contributed by atoms with van der Waals surface area (Å²) < 4.78 is 38.9. The molecule has 1 saturated heterocycles. The third-order valence-electron chi connectivity index (χ3n) is 4.24. The number of benzene rings is 1. The standard InChI is InChI=1S/C17H22F3N3O2/c1-21-9-12-5-4-8-23(11-12)15(24)10-22-16(25)13-6-2-3-7-14(13)17(18,19)20/h2-3,6-7,12,21H,4-5,8-11H2,1H3,(H,22,25). The molecule has 0 radical (unpaired) electrons. The van der Waals surface area contributed by atoms with Crippen LogP contribution in [0.4, 0.5) is 13.2 Å². The Morgan fingerprint density at radius 3 is 2.68 bits per heavy atom. The zero-order valence-electron chi connectivity index (χ0n) is 14.0. The van der Waals surface area contributed by atoms with E-state index < -0.39 is 23.2 Å². The fourth-order valence-corrected chi connectivity index (χ4v) is 3.04. The number of nitrogens with one attached hydrogen (secondary N) is 2. The van der Waals surface area contributed by atoms with Crippen molar-refractivity contribution >= 4 is 11.8 Å². The summed E-state index contributed by atoms with van der Waals surface area (Å²) in [4.78, 5) is 26.0. The van der Waals surface area contributed by atoms with Crippen LogP contribution in [-0.4, -0.2) is 49.9 Å². The van der Waals surface area contributed by atoms with Gasteiger partial charge in [0.2, 0.25) is 5.91 Å². The van der Waals surface area contributed by atoms with Gasteiger partial charge < -0.3 is 15.5 Å². The lowest BCUT2D eigenvalue weighted by atomic mass is 9.98. The topological polar surface area (TPSA) is 61.4 Å². The first-order chi connectivity index (χ1) is 11.8. The molecule has 1 aliphatic rings. The maximum Gasteiger partial charge on any atom is 0.417 e. The normalized spacial score (nSPS) is 18.1. The fraction of sp³-hybridized carbons (Fsp3) is 0.529. The fourth-order valence-electron chi connectivity index (χ4n) is 3.04. The summed E-state index contributed by atoms with van der Waals surface area (Å²) in [7, 11) is 1.85. The Morgan fingerprint density at radius 2 is 2.00 bits per heavy atom. The molecule has 1 aromatic rings. The van der Waals surface area contributed by atoms with Crippen LogP contribution in [0.15, 0.2) is 24.3 Å². The van der Waals surface area contributed by atoms with Crippen molar-refractivity contribution in [2.24, 2.45) is 5.92 Å². The molecule has 0 aromatic heterocycles. The second-order valence-corrected chi connectivity index (χ2v) is 6.13. The Hall–Kier alpha value is -2.09. The van der Waals surface area contributed by atoms with Crippen LogP contribution in [0.5, 0.6) is 0 Å². The van der Waals surface area contributed by atoms with Gasteiger partial charge in [0.1, 0.15) is 0 Å². The smallest absolute Gasteiger partial charge is 0.343 e. The first kappa shape index (κ1) is 19.2. The molecular weight excluding hydrogens is 335 g/mol. The average molecular weight is 357 g/mol. The highest BCUT2D eigenvalue weighted by molar-refractivity contribution is 5.97. The van der Waals surface area contributed by atoms with Gasteiger partial charge in [-0.2, -0.15) is 13.2 Å². The molecule has 1 fully saturated rings. The van der Waals surface area contributed by atoms with Gasteiger partial charge in [0.15, 0.2) is 0 Å². The summed E-state index contributed by atoms with van der Waals surface area (Å²) in [6.45, 7) is 1.69. The monoisotopic (exact) mass is 357 g/mol. The Kier molecular flexibility index (Phi) is 6.41. The summed E-state index contributed by atoms with van der Waals surface area (Å²) in [6.07, 6.45) is -2.72. The van der Waals surface area contributed by atoms with Crippen LogP contribution >= 0.6 is 0 Å². The number of hydrogen-bond donors (Lipinski definition) is 2. The molecule has 0 aliphatic carbocycles. The van der Waals surface area contributed by atoms with Crippen molar-refractivity contribution in [1.82, 2.24) is 15.5 Å². The van der Waals surface area contributed by atoms with Crippen molar-refractivity contribution in [2.75, 3.05) is 33.2 Å². The number of rotatable bonds is 5. The van der Waals surface area contributed by atoms with Crippen LogP contribution in [-0.2, 0) is 11.0 Å². The molecule has 1 unspecified atom stereocenters. The molecule has 2 rings (SSSR count). The third-order valence-corrected chi connectivity index (χ3v) is 4.24. The number of nitrogens with zero attached hydrogens (tertiary/aromatic N) is 1. The number of amides is 2. The van der Waals surface area contributed by atoms with Gasteiger partial charge in [-0.05, 0) is 44.5 Å². The number of alkyl halides is 3. The first-order valence-corrected chi connectivity index (χ1v) is 8.19. The lowest BCUT2D eigenvalue weighted by molar-refractivity contribution is -0.137. The summed E-state index contributed by atoms with van der Waals surface area (Å²) in [6, 6.07) is 4.54. The minimum atomic E-state index is -4.62. The highest BCUT2D eigenvalue weighted by Gasteiger charge is 2.35. The zero-order chi connectivity index (χ0) is 18.4. The van der Waals surface area contributed by atoms with E-state index in [1.165, 1.54) is 12.1 Å². The number of piperidine rings is 1. The molecule has 8 heteroatoms. The molecule has 2 amide bonds. The van der Waals surface area contributed by atoms with Crippen LogP contribution in [0, 0.1) is 5.92 Å². The lowest BCUT2D eigenvalue weighted by Crippen LogP contribution is -2.46. The SMILES string of the molecule is CNCC1CCCN(C(=O)CNC(=O)c2ccccc2C(F)(F)F)C1. The second-order valence-electron chi connectivity index (χ2n) is 6.13. The average Bonchev–Trinajstić information content (AvgIpc) is 2.59. The molecule has 0 saturated carbocycles. The molecule has 138 valence electrons. The first-order valence-electron chi connectivity index (χ1n) is 8.19. The molecule has 0 spiro atoms. The molecule has 0 bridgehead atoms. The van der Waals surface area contributed by atoms with Gasteiger partial charge in [-0.15, -0.1) is 0 Å². The molecule has 1 heterocycles. The molecule has 1 aliphatic heterocycles. The van der Waals surface area contributed by atoms with Crippen molar-refractivity contribution in [3.05, 3.63) is 35.4 Å². The van der Waals surface area contributed by atoms with E-state index in [0.717, 1.165) is 31.5 Å². The minimum Gasteiger partial charge on any atom is -0.343 e. The van der Waals surface area contributed by atoms with Crippen LogP contribution in [0.25, 0.3) is 0 Å². The third kappa shape index (κ3) is 5.19. The van der Waals surface area contributed by atoms with E-state index in [4.69, 9.17) is 0 Å². The van der Waals surface area contributed by atoms with Crippen molar-refractivity contribution in [3.63, 3.8) is 0 Å². The van der Waals surface area contributed by atoms with Crippen LogP contribution in [0.1, 0.15) is 28.8 Å². The Labute approximate surface area is 144 Å².